The number of esters is 1. The fraction of sp³-hybridized carbons (Fsp3) is 0.923. The van der Waals surface area contributed by atoms with Gasteiger partial charge in [-0.2, -0.15) is 0 Å². The molecule has 0 aromatic rings. The van der Waals surface area contributed by atoms with Gasteiger partial charge in [0.1, 0.15) is 0 Å². The van der Waals surface area contributed by atoms with Crippen LogP contribution >= 0.6 is 0 Å². The van der Waals surface area contributed by atoms with Crippen LogP contribution in [-0.2, 0) is 19.0 Å². The predicted molar refractivity (Wildman–Crippen MR) is 66.0 cm³/mol. The molecular formula is C13H24O5. The number of hydrogen-bond acceptors (Lipinski definition) is 5. The molecule has 2 unspecified atom stereocenters. The second-order valence-corrected chi connectivity index (χ2v) is 5.04. The molecule has 1 heterocycles. The summed E-state index contributed by atoms with van der Waals surface area (Å²) in [6.07, 6.45) is 1.20. The molecule has 1 saturated heterocycles. The standard InChI is InChI=1S/C13H24O5/c1-4-5-7-16-12(15)9-10(14)11-6-8-17-13(2,3)18-11/h10-11,14H,4-9H2,1-3H3. The highest BCUT2D eigenvalue weighted by molar-refractivity contribution is 5.70. The van der Waals surface area contributed by atoms with Gasteiger partial charge in [-0.1, -0.05) is 13.3 Å². The van der Waals surface area contributed by atoms with Crippen molar-refractivity contribution in [3.05, 3.63) is 0 Å². The van der Waals surface area contributed by atoms with Crippen LogP contribution in [0.15, 0.2) is 0 Å². The van der Waals surface area contributed by atoms with Gasteiger partial charge in [-0.3, -0.25) is 4.79 Å². The SMILES string of the molecule is CCCCOC(=O)CC(O)C1CCOC(C)(C)O1. The van der Waals surface area contributed by atoms with Crippen molar-refractivity contribution < 1.29 is 24.1 Å². The number of aliphatic hydroxyl groups is 1. The molecule has 0 amide bonds. The molecule has 0 aliphatic carbocycles. The van der Waals surface area contributed by atoms with E-state index in [1.54, 1.807) is 13.8 Å². The summed E-state index contributed by atoms with van der Waals surface area (Å²) in [5, 5.41) is 9.95. The summed E-state index contributed by atoms with van der Waals surface area (Å²) in [5.74, 6) is -1.07. The first kappa shape index (κ1) is 15.4. The van der Waals surface area contributed by atoms with Crippen molar-refractivity contribution in [2.24, 2.45) is 0 Å². The zero-order chi connectivity index (χ0) is 13.6. The van der Waals surface area contributed by atoms with Crippen LogP contribution in [0.4, 0.5) is 0 Å². The summed E-state index contributed by atoms with van der Waals surface area (Å²) < 4.78 is 16.0. The van der Waals surface area contributed by atoms with Crippen LogP contribution in [0.3, 0.4) is 0 Å². The van der Waals surface area contributed by atoms with E-state index in [1.165, 1.54) is 0 Å². The Morgan fingerprint density at radius 3 is 2.89 bits per heavy atom. The van der Waals surface area contributed by atoms with Gasteiger partial charge in [0, 0.05) is 0 Å². The summed E-state index contributed by atoms with van der Waals surface area (Å²) in [4.78, 5) is 11.5. The number of carbonyl (C=O) groups is 1. The minimum absolute atomic E-state index is 0.0234. The molecule has 0 saturated carbocycles. The molecule has 5 nitrogen and oxygen atoms in total. The van der Waals surface area contributed by atoms with Gasteiger partial charge >= 0.3 is 5.97 Å². The number of rotatable bonds is 6. The van der Waals surface area contributed by atoms with Crippen molar-refractivity contribution in [1.29, 1.82) is 0 Å². The fourth-order valence-corrected chi connectivity index (χ4v) is 1.84. The molecular weight excluding hydrogens is 236 g/mol. The van der Waals surface area contributed by atoms with Gasteiger partial charge in [0.2, 0.25) is 0 Å². The number of carbonyl (C=O) groups excluding carboxylic acids is 1. The second-order valence-electron chi connectivity index (χ2n) is 5.04. The fourth-order valence-electron chi connectivity index (χ4n) is 1.84. The van der Waals surface area contributed by atoms with E-state index in [1.807, 2.05) is 6.92 Å². The molecule has 106 valence electrons. The van der Waals surface area contributed by atoms with Gasteiger partial charge in [-0.05, 0) is 26.7 Å². The van der Waals surface area contributed by atoms with Gasteiger partial charge in [0.15, 0.2) is 5.79 Å². The lowest BCUT2D eigenvalue weighted by molar-refractivity contribution is -0.288. The maximum absolute atomic E-state index is 11.5. The lowest BCUT2D eigenvalue weighted by Crippen LogP contribution is -2.45. The van der Waals surface area contributed by atoms with E-state index in [-0.39, 0.29) is 18.5 Å². The summed E-state index contributed by atoms with van der Waals surface area (Å²) in [7, 11) is 0. The highest BCUT2D eigenvalue weighted by atomic mass is 16.7. The van der Waals surface area contributed by atoms with E-state index < -0.39 is 11.9 Å². The molecule has 1 fully saturated rings. The number of aliphatic hydroxyl groups excluding tert-OH is 1. The van der Waals surface area contributed by atoms with Crippen LogP contribution in [0.5, 0.6) is 0 Å². The lowest BCUT2D eigenvalue weighted by atomic mass is 10.1. The summed E-state index contributed by atoms with van der Waals surface area (Å²) in [5.41, 5.74) is 0. The van der Waals surface area contributed by atoms with Crippen molar-refractivity contribution >= 4 is 5.97 Å². The molecule has 18 heavy (non-hydrogen) atoms. The molecule has 2 atom stereocenters. The molecule has 1 rings (SSSR count). The molecule has 0 spiro atoms. The van der Waals surface area contributed by atoms with Crippen LogP contribution in [0.1, 0.15) is 46.5 Å². The number of ether oxygens (including phenoxy) is 3. The van der Waals surface area contributed by atoms with Crippen LogP contribution in [0.2, 0.25) is 0 Å². The summed E-state index contributed by atoms with van der Waals surface area (Å²) >= 11 is 0. The van der Waals surface area contributed by atoms with Crippen LogP contribution < -0.4 is 0 Å². The largest absolute Gasteiger partial charge is 0.466 e. The zero-order valence-electron chi connectivity index (χ0n) is 11.5. The van der Waals surface area contributed by atoms with Crippen molar-refractivity contribution in [1.82, 2.24) is 0 Å². The predicted octanol–water partition coefficient (Wildman–Crippen LogP) is 1.62. The van der Waals surface area contributed by atoms with Crippen LogP contribution in [0.25, 0.3) is 0 Å². The van der Waals surface area contributed by atoms with E-state index in [0.29, 0.717) is 19.6 Å². The van der Waals surface area contributed by atoms with Gasteiger partial charge in [0.25, 0.3) is 0 Å². The average Bonchev–Trinajstić information content (AvgIpc) is 2.28. The highest BCUT2D eigenvalue weighted by Crippen LogP contribution is 2.24. The van der Waals surface area contributed by atoms with E-state index >= 15 is 0 Å². The third-order valence-electron chi connectivity index (χ3n) is 2.85. The quantitative estimate of drug-likeness (QED) is 0.581. The highest BCUT2D eigenvalue weighted by Gasteiger charge is 2.34. The Hall–Kier alpha value is -0.650. The summed E-state index contributed by atoms with van der Waals surface area (Å²) in [6, 6.07) is 0. The first-order valence-corrected chi connectivity index (χ1v) is 6.60. The monoisotopic (exact) mass is 260 g/mol. The van der Waals surface area contributed by atoms with Crippen molar-refractivity contribution in [2.75, 3.05) is 13.2 Å². The maximum atomic E-state index is 11.5. The Balaban J connectivity index is 2.31. The number of unbranched alkanes of at least 4 members (excludes halogenated alkanes) is 1. The Kier molecular flexibility index (Phi) is 6.05. The first-order chi connectivity index (χ1) is 8.44. The summed E-state index contributed by atoms with van der Waals surface area (Å²) in [6.45, 7) is 6.57. The Morgan fingerprint density at radius 2 is 2.28 bits per heavy atom. The minimum atomic E-state index is -0.831. The first-order valence-electron chi connectivity index (χ1n) is 6.60. The minimum Gasteiger partial charge on any atom is -0.466 e. The zero-order valence-corrected chi connectivity index (χ0v) is 11.5. The lowest BCUT2D eigenvalue weighted by Gasteiger charge is -2.37. The molecule has 1 N–H and O–H groups in total. The van der Waals surface area contributed by atoms with Gasteiger partial charge in [-0.25, -0.2) is 0 Å². The Labute approximate surface area is 108 Å². The maximum Gasteiger partial charge on any atom is 0.308 e. The average molecular weight is 260 g/mol. The molecule has 0 radical (unpaired) electrons. The second kappa shape index (κ2) is 7.07. The van der Waals surface area contributed by atoms with Gasteiger partial charge in [-0.15, -0.1) is 0 Å². The molecule has 0 aromatic heterocycles. The number of hydrogen-bond donors (Lipinski definition) is 1. The molecule has 5 heteroatoms. The molecule has 0 aromatic carbocycles. The topological polar surface area (TPSA) is 65.0 Å². The van der Waals surface area contributed by atoms with Crippen LogP contribution in [0, 0.1) is 0 Å². The third kappa shape index (κ3) is 5.33. The normalized spacial score (nSPS) is 24.6. The van der Waals surface area contributed by atoms with Crippen molar-refractivity contribution in [3.8, 4) is 0 Å². The van der Waals surface area contributed by atoms with E-state index in [4.69, 9.17) is 14.2 Å². The third-order valence-corrected chi connectivity index (χ3v) is 2.85. The van der Waals surface area contributed by atoms with Gasteiger partial charge in [0.05, 0.1) is 31.8 Å². The van der Waals surface area contributed by atoms with E-state index in [2.05, 4.69) is 0 Å². The van der Waals surface area contributed by atoms with Crippen molar-refractivity contribution in [2.45, 2.75) is 64.4 Å². The smallest absolute Gasteiger partial charge is 0.308 e. The Bertz CT molecular complexity index is 264. The van der Waals surface area contributed by atoms with E-state index in [0.717, 1.165) is 12.8 Å². The van der Waals surface area contributed by atoms with E-state index in [9.17, 15) is 9.90 Å². The van der Waals surface area contributed by atoms with Crippen molar-refractivity contribution in [3.63, 3.8) is 0 Å². The molecule has 0 bridgehead atoms. The molecule has 1 aliphatic rings. The molecule has 1 aliphatic heterocycles. The van der Waals surface area contributed by atoms with Crippen LogP contribution in [-0.4, -0.2) is 42.3 Å². The van der Waals surface area contributed by atoms with Gasteiger partial charge < -0.3 is 19.3 Å². The Morgan fingerprint density at radius 1 is 1.56 bits per heavy atom.